The number of alkyl halides is 3. The van der Waals surface area contributed by atoms with Crippen LogP contribution in [0.15, 0.2) is 24.3 Å². The molecule has 1 aromatic rings. The molecule has 0 aliphatic carbocycles. The van der Waals surface area contributed by atoms with Crippen LogP contribution < -0.4 is 0 Å². The van der Waals surface area contributed by atoms with Gasteiger partial charge in [0.05, 0.1) is 13.0 Å². The van der Waals surface area contributed by atoms with Gasteiger partial charge in [0.1, 0.15) is 0 Å². The minimum atomic E-state index is -4.65. The largest absolute Gasteiger partial charge is 0.481 e. The van der Waals surface area contributed by atoms with Crippen molar-refractivity contribution in [2.75, 3.05) is 6.61 Å². The van der Waals surface area contributed by atoms with E-state index < -0.39 is 31.3 Å². The van der Waals surface area contributed by atoms with Gasteiger partial charge >= 0.3 is 12.1 Å². The number of ether oxygens (including phenoxy) is 1. The fourth-order valence-electron chi connectivity index (χ4n) is 1.31. The molecule has 1 atom stereocenters. The molecule has 3 nitrogen and oxygen atoms in total. The van der Waals surface area contributed by atoms with E-state index in [9.17, 15) is 18.0 Å². The Morgan fingerprint density at radius 1 is 1.39 bits per heavy atom. The molecule has 1 rings (SSSR count). The zero-order valence-electron chi connectivity index (χ0n) is 9.08. The first-order chi connectivity index (χ1) is 8.32. The molecule has 7 heteroatoms. The van der Waals surface area contributed by atoms with Gasteiger partial charge in [-0.2, -0.15) is 13.2 Å². The van der Waals surface area contributed by atoms with E-state index in [0.717, 1.165) is 0 Å². The third kappa shape index (κ3) is 4.19. The van der Waals surface area contributed by atoms with Gasteiger partial charge in [0.25, 0.3) is 0 Å². The van der Waals surface area contributed by atoms with Crippen molar-refractivity contribution in [3.63, 3.8) is 0 Å². The van der Waals surface area contributed by atoms with Crippen molar-refractivity contribution in [3.8, 4) is 0 Å². The van der Waals surface area contributed by atoms with E-state index in [-0.39, 0.29) is 10.6 Å². The summed E-state index contributed by atoms with van der Waals surface area (Å²) in [5.74, 6) is -1.23. The predicted molar refractivity (Wildman–Crippen MR) is 58.5 cm³/mol. The average molecular weight is 283 g/mol. The van der Waals surface area contributed by atoms with Crippen LogP contribution in [-0.4, -0.2) is 23.9 Å². The summed E-state index contributed by atoms with van der Waals surface area (Å²) in [7, 11) is 0. The van der Waals surface area contributed by atoms with Gasteiger partial charge in [-0.3, -0.25) is 4.79 Å². The maximum absolute atomic E-state index is 12.8. The van der Waals surface area contributed by atoms with Gasteiger partial charge in [0.15, 0.2) is 6.10 Å². The summed E-state index contributed by atoms with van der Waals surface area (Å²) in [6, 6.07) is 5.41. The molecule has 0 amide bonds. The Morgan fingerprint density at radius 3 is 2.50 bits per heavy atom. The quantitative estimate of drug-likeness (QED) is 0.900. The minimum Gasteiger partial charge on any atom is -0.481 e. The van der Waals surface area contributed by atoms with E-state index >= 15 is 0 Å². The Balaban J connectivity index is 2.86. The molecule has 0 aromatic heterocycles. The second-order valence-corrected chi connectivity index (χ2v) is 3.86. The zero-order chi connectivity index (χ0) is 13.8. The van der Waals surface area contributed by atoms with Crippen molar-refractivity contribution in [1.29, 1.82) is 0 Å². The lowest BCUT2D eigenvalue weighted by molar-refractivity contribution is -0.224. The van der Waals surface area contributed by atoms with Gasteiger partial charge in [-0.15, -0.1) is 0 Å². The molecule has 0 aliphatic rings. The number of carboxylic acid groups (broad SMARTS) is 1. The van der Waals surface area contributed by atoms with Crippen LogP contribution in [0, 0.1) is 0 Å². The van der Waals surface area contributed by atoms with Crippen molar-refractivity contribution in [3.05, 3.63) is 34.9 Å². The maximum atomic E-state index is 12.8. The molecule has 0 aliphatic heterocycles. The first-order valence-corrected chi connectivity index (χ1v) is 5.34. The molecule has 0 saturated heterocycles. The highest BCUT2D eigenvalue weighted by Crippen LogP contribution is 2.38. The summed E-state index contributed by atoms with van der Waals surface area (Å²) in [4.78, 5) is 10.2. The molecule has 0 radical (unpaired) electrons. The molecule has 1 unspecified atom stereocenters. The second-order valence-electron chi connectivity index (χ2n) is 3.46. The molecule has 0 spiro atoms. The third-order valence-corrected chi connectivity index (χ3v) is 2.43. The second kappa shape index (κ2) is 6.06. The number of carboxylic acids is 1. The SMILES string of the molecule is O=C(O)CCOC(c1ccccc1Cl)C(F)(F)F. The summed E-state index contributed by atoms with van der Waals surface area (Å²) in [6.07, 6.45) is -7.37. The summed E-state index contributed by atoms with van der Waals surface area (Å²) in [5, 5.41) is 8.29. The number of aliphatic carboxylic acids is 1. The molecule has 18 heavy (non-hydrogen) atoms. The van der Waals surface area contributed by atoms with Crippen LogP contribution in [0.2, 0.25) is 5.02 Å². The smallest absolute Gasteiger partial charge is 0.418 e. The van der Waals surface area contributed by atoms with Crippen molar-refractivity contribution in [2.45, 2.75) is 18.7 Å². The van der Waals surface area contributed by atoms with E-state index in [0.29, 0.717) is 0 Å². The molecule has 1 N–H and O–H groups in total. The van der Waals surface area contributed by atoms with Crippen LogP contribution in [-0.2, 0) is 9.53 Å². The molecule has 1 aromatic carbocycles. The average Bonchev–Trinajstić information content (AvgIpc) is 2.24. The number of benzene rings is 1. The van der Waals surface area contributed by atoms with Gasteiger partial charge in [0.2, 0.25) is 0 Å². The lowest BCUT2D eigenvalue weighted by Gasteiger charge is -2.21. The maximum Gasteiger partial charge on any atom is 0.418 e. The Bertz CT molecular complexity index is 420. The van der Waals surface area contributed by atoms with Gasteiger partial charge in [-0.1, -0.05) is 29.8 Å². The van der Waals surface area contributed by atoms with Gasteiger partial charge < -0.3 is 9.84 Å². The minimum absolute atomic E-state index is 0.0739. The van der Waals surface area contributed by atoms with E-state index in [1.54, 1.807) is 0 Å². The summed E-state index contributed by atoms with van der Waals surface area (Å²) in [5.41, 5.74) is -0.225. The lowest BCUT2D eigenvalue weighted by atomic mass is 10.1. The first kappa shape index (κ1) is 14.8. The Labute approximate surface area is 106 Å². The number of hydrogen-bond acceptors (Lipinski definition) is 2. The van der Waals surface area contributed by atoms with Crippen LogP contribution in [0.25, 0.3) is 0 Å². The number of carbonyl (C=O) groups is 1. The Kier molecular flexibility index (Phi) is 4.98. The van der Waals surface area contributed by atoms with Crippen LogP contribution >= 0.6 is 11.6 Å². The first-order valence-electron chi connectivity index (χ1n) is 4.97. The van der Waals surface area contributed by atoms with Crippen molar-refractivity contribution >= 4 is 17.6 Å². The van der Waals surface area contributed by atoms with Gasteiger partial charge in [-0.05, 0) is 6.07 Å². The van der Waals surface area contributed by atoms with Crippen molar-refractivity contribution < 1.29 is 27.8 Å². The highest BCUT2D eigenvalue weighted by molar-refractivity contribution is 6.31. The normalized spacial score (nSPS) is 13.3. The van der Waals surface area contributed by atoms with Crippen LogP contribution in [0.1, 0.15) is 18.1 Å². The van der Waals surface area contributed by atoms with Crippen LogP contribution in [0.4, 0.5) is 13.2 Å². The predicted octanol–water partition coefficient (Wildman–Crippen LogP) is 3.43. The molecule has 0 fully saturated rings. The molecule has 100 valence electrons. The standard InChI is InChI=1S/C11H10ClF3O3/c12-8-4-2-1-3-7(8)10(11(13,14)15)18-6-5-9(16)17/h1-4,10H,5-6H2,(H,16,17). The van der Waals surface area contributed by atoms with Crippen molar-refractivity contribution in [1.82, 2.24) is 0 Å². The Hall–Kier alpha value is -1.27. The van der Waals surface area contributed by atoms with E-state index in [1.165, 1.54) is 24.3 Å². The van der Waals surface area contributed by atoms with E-state index in [4.69, 9.17) is 16.7 Å². The molecule has 0 bridgehead atoms. The zero-order valence-corrected chi connectivity index (χ0v) is 9.83. The molecular weight excluding hydrogens is 273 g/mol. The summed E-state index contributed by atoms with van der Waals surface area (Å²) in [6.45, 7) is -0.537. The molecular formula is C11H10ClF3O3. The highest BCUT2D eigenvalue weighted by Gasteiger charge is 2.42. The monoisotopic (exact) mass is 282 g/mol. The summed E-state index contributed by atoms with van der Waals surface area (Å²) < 4.78 is 42.9. The van der Waals surface area contributed by atoms with E-state index in [2.05, 4.69) is 4.74 Å². The van der Waals surface area contributed by atoms with Gasteiger partial charge in [-0.25, -0.2) is 0 Å². The summed E-state index contributed by atoms with van der Waals surface area (Å²) >= 11 is 5.67. The van der Waals surface area contributed by atoms with Crippen LogP contribution in [0.3, 0.4) is 0 Å². The number of hydrogen-bond donors (Lipinski definition) is 1. The lowest BCUT2D eigenvalue weighted by Crippen LogP contribution is -2.25. The van der Waals surface area contributed by atoms with E-state index in [1.807, 2.05) is 0 Å². The van der Waals surface area contributed by atoms with Gasteiger partial charge in [0, 0.05) is 10.6 Å². The highest BCUT2D eigenvalue weighted by atomic mass is 35.5. The molecule has 0 heterocycles. The fourth-order valence-corrected chi connectivity index (χ4v) is 1.55. The van der Waals surface area contributed by atoms with Crippen LogP contribution in [0.5, 0.6) is 0 Å². The number of halogens is 4. The van der Waals surface area contributed by atoms with Crippen molar-refractivity contribution in [2.24, 2.45) is 0 Å². The Morgan fingerprint density at radius 2 is 2.00 bits per heavy atom. The number of rotatable bonds is 5. The third-order valence-electron chi connectivity index (χ3n) is 2.09. The molecule has 0 saturated carbocycles. The fraction of sp³-hybridized carbons (Fsp3) is 0.364. The topological polar surface area (TPSA) is 46.5 Å².